The lowest BCUT2D eigenvalue weighted by Gasteiger charge is -2.09. The van der Waals surface area contributed by atoms with Crippen molar-refractivity contribution in [3.63, 3.8) is 0 Å². The maximum atomic E-state index is 12.1. The van der Waals surface area contributed by atoms with Gasteiger partial charge in [-0.2, -0.15) is 5.10 Å². The van der Waals surface area contributed by atoms with Crippen molar-refractivity contribution < 1.29 is 4.79 Å². The van der Waals surface area contributed by atoms with Gasteiger partial charge in [0, 0.05) is 31.5 Å². The molecule has 5 nitrogen and oxygen atoms in total. The number of anilines is 1. The van der Waals surface area contributed by atoms with Gasteiger partial charge in [-0.05, 0) is 36.8 Å². The van der Waals surface area contributed by atoms with E-state index in [9.17, 15) is 4.79 Å². The van der Waals surface area contributed by atoms with Crippen LogP contribution < -0.4 is 10.6 Å². The maximum Gasteiger partial charge on any atom is 0.251 e. The van der Waals surface area contributed by atoms with Gasteiger partial charge >= 0.3 is 0 Å². The minimum atomic E-state index is -0.0682. The average Bonchev–Trinajstić information content (AvgIpc) is 2.81. The second-order valence-corrected chi connectivity index (χ2v) is 4.41. The van der Waals surface area contributed by atoms with Crippen molar-refractivity contribution in [1.82, 2.24) is 15.1 Å². The van der Waals surface area contributed by atoms with Crippen LogP contribution in [0.3, 0.4) is 0 Å². The van der Waals surface area contributed by atoms with Crippen LogP contribution in [0.5, 0.6) is 0 Å². The van der Waals surface area contributed by atoms with Crippen LogP contribution in [0.15, 0.2) is 30.5 Å². The number of nitrogens with one attached hydrogen (secondary N) is 2. The molecule has 1 aromatic heterocycles. The molecule has 0 saturated carbocycles. The first-order valence-corrected chi connectivity index (χ1v) is 6.15. The molecular formula is C14H18N4O. The van der Waals surface area contributed by atoms with Crippen LogP contribution in [0.1, 0.15) is 21.6 Å². The summed E-state index contributed by atoms with van der Waals surface area (Å²) in [5, 5.41) is 10.0. The summed E-state index contributed by atoms with van der Waals surface area (Å²) in [5.74, 6) is -0.0682. The van der Waals surface area contributed by atoms with Gasteiger partial charge in [0.05, 0.1) is 12.2 Å². The smallest absolute Gasteiger partial charge is 0.251 e. The normalized spacial score (nSPS) is 10.3. The SMILES string of the molecule is CNc1ccc(C(=O)NCc2ccnn2C)c(C)c1. The van der Waals surface area contributed by atoms with Crippen LogP contribution >= 0.6 is 0 Å². The minimum Gasteiger partial charge on any atom is -0.388 e. The van der Waals surface area contributed by atoms with E-state index in [4.69, 9.17) is 0 Å². The van der Waals surface area contributed by atoms with E-state index in [2.05, 4.69) is 15.7 Å². The lowest BCUT2D eigenvalue weighted by Crippen LogP contribution is -2.24. The van der Waals surface area contributed by atoms with Gasteiger partial charge in [-0.3, -0.25) is 9.48 Å². The van der Waals surface area contributed by atoms with Crippen molar-refractivity contribution in [2.24, 2.45) is 7.05 Å². The zero-order chi connectivity index (χ0) is 13.8. The van der Waals surface area contributed by atoms with Crippen molar-refractivity contribution in [2.75, 3.05) is 12.4 Å². The van der Waals surface area contributed by atoms with Crippen molar-refractivity contribution in [1.29, 1.82) is 0 Å². The first-order valence-electron chi connectivity index (χ1n) is 6.15. The molecule has 0 aliphatic carbocycles. The van der Waals surface area contributed by atoms with E-state index < -0.39 is 0 Å². The monoisotopic (exact) mass is 258 g/mol. The Bertz CT molecular complexity index is 589. The number of aryl methyl sites for hydroxylation is 2. The number of rotatable bonds is 4. The van der Waals surface area contributed by atoms with Gasteiger partial charge in [0.25, 0.3) is 5.91 Å². The molecule has 1 aromatic carbocycles. The molecule has 1 heterocycles. The number of amides is 1. The van der Waals surface area contributed by atoms with Crippen LogP contribution in [-0.2, 0) is 13.6 Å². The van der Waals surface area contributed by atoms with Crippen LogP contribution in [0.4, 0.5) is 5.69 Å². The molecule has 0 aliphatic rings. The van der Waals surface area contributed by atoms with E-state index >= 15 is 0 Å². The number of benzene rings is 1. The third kappa shape index (κ3) is 2.93. The minimum absolute atomic E-state index is 0.0682. The van der Waals surface area contributed by atoms with Crippen LogP contribution in [0, 0.1) is 6.92 Å². The summed E-state index contributed by atoms with van der Waals surface area (Å²) < 4.78 is 1.75. The molecule has 0 saturated heterocycles. The fourth-order valence-corrected chi connectivity index (χ4v) is 1.91. The van der Waals surface area contributed by atoms with E-state index in [1.807, 2.05) is 45.3 Å². The van der Waals surface area contributed by atoms with Gasteiger partial charge in [-0.25, -0.2) is 0 Å². The maximum absolute atomic E-state index is 12.1. The summed E-state index contributed by atoms with van der Waals surface area (Å²) in [6.07, 6.45) is 1.72. The summed E-state index contributed by atoms with van der Waals surface area (Å²) in [7, 11) is 3.71. The van der Waals surface area contributed by atoms with Gasteiger partial charge in [0.1, 0.15) is 0 Å². The molecule has 0 aliphatic heterocycles. The number of carbonyl (C=O) groups excluding carboxylic acids is 1. The highest BCUT2D eigenvalue weighted by molar-refractivity contribution is 5.96. The van der Waals surface area contributed by atoms with Gasteiger partial charge < -0.3 is 10.6 Å². The molecular weight excluding hydrogens is 240 g/mol. The van der Waals surface area contributed by atoms with E-state index in [1.165, 1.54) is 0 Å². The number of hydrogen-bond acceptors (Lipinski definition) is 3. The van der Waals surface area contributed by atoms with Crippen molar-refractivity contribution in [3.05, 3.63) is 47.3 Å². The van der Waals surface area contributed by atoms with Gasteiger partial charge in [0.2, 0.25) is 0 Å². The molecule has 5 heteroatoms. The van der Waals surface area contributed by atoms with Gasteiger partial charge in [0.15, 0.2) is 0 Å². The lowest BCUT2D eigenvalue weighted by atomic mass is 10.1. The number of aromatic nitrogens is 2. The lowest BCUT2D eigenvalue weighted by molar-refractivity contribution is 0.0949. The van der Waals surface area contributed by atoms with Crippen LogP contribution in [0.2, 0.25) is 0 Å². The van der Waals surface area contributed by atoms with Crippen molar-refractivity contribution >= 4 is 11.6 Å². The molecule has 0 fully saturated rings. The third-order valence-corrected chi connectivity index (χ3v) is 3.11. The Kier molecular flexibility index (Phi) is 3.85. The molecule has 0 unspecified atom stereocenters. The van der Waals surface area contributed by atoms with E-state index in [1.54, 1.807) is 10.9 Å². The highest BCUT2D eigenvalue weighted by Gasteiger charge is 2.09. The van der Waals surface area contributed by atoms with E-state index in [0.29, 0.717) is 12.1 Å². The first-order chi connectivity index (χ1) is 9.11. The summed E-state index contributed by atoms with van der Waals surface area (Å²) in [5.41, 5.74) is 3.62. The Morgan fingerprint density at radius 3 is 2.74 bits per heavy atom. The fraction of sp³-hybridized carbons (Fsp3) is 0.286. The topological polar surface area (TPSA) is 59.0 Å². The summed E-state index contributed by atoms with van der Waals surface area (Å²) in [4.78, 5) is 12.1. The fourth-order valence-electron chi connectivity index (χ4n) is 1.91. The van der Waals surface area contributed by atoms with Crippen LogP contribution in [-0.4, -0.2) is 22.7 Å². The second kappa shape index (κ2) is 5.56. The standard InChI is InChI=1S/C14H18N4O/c1-10-8-11(15-2)4-5-13(10)14(19)16-9-12-6-7-17-18(12)3/h4-8,15H,9H2,1-3H3,(H,16,19). The molecule has 0 spiro atoms. The molecule has 0 radical (unpaired) electrons. The predicted molar refractivity (Wildman–Crippen MR) is 75.1 cm³/mol. The highest BCUT2D eigenvalue weighted by Crippen LogP contribution is 2.14. The molecule has 0 atom stereocenters. The molecule has 19 heavy (non-hydrogen) atoms. The highest BCUT2D eigenvalue weighted by atomic mass is 16.1. The Labute approximate surface area is 112 Å². The molecule has 2 N–H and O–H groups in total. The first kappa shape index (κ1) is 13.1. The summed E-state index contributed by atoms with van der Waals surface area (Å²) in [6.45, 7) is 2.41. The third-order valence-electron chi connectivity index (χ3n) is 3.11. The molecule has 1 amide bonds. The summed E-state index contributed by atoms with van der Waals surface area (Å²) in [6, 6.07) is 7.57. The van der Waals surface area contributed by atoms with Crippen molar-refractivity contribution in [2.45, 2.75) is 13.5 Å². The predicted octanol–water partition coefficient (Wildman–Crippen LogP) is 1.70. The van der Waals surface area contributed by atoms with E-state index in [-0.39, 0.29) is 5.91 Å². The zero-order valence-electron chi connectivity index (χ0n) is 11.4. The number of hydrogen-bond donors (Lipinski definition) is 2. The molecule has 2 aromatic rings. The molecule has 0 bridgehead atoms. The van der Waals surface area contributed by atoms with Crippen LogP contribution in [0.25, 0.3) is 0 Å². The van der Waals surface area contributed by atoms with E-state index in [0.717, 1.165) is 16.9 Å². The molecule has 100 valence electrons. The largest absolute Gasteiger partial charge is 0.388 e. The second-order valence-electron chi connectivity index (χ2n) is 4.41. The Hall–Kier alpha value is -2.30. The van der Waals surface area contributed by atoms with Crippen molar-refractivity contribution in [3.8, 4) is 0 Å². The van der Waals surface area contributed by atoms with Gasteiger partial charge in [-0.1, -0.05) is 0 Å². The quantitative estimate of drug-likeness (QED) is 0.877. The number of nitrogens with zero attached hydrogens (tertiary/aromatic N) is 2. The van der Waals surface area contributed by atoms with Gasteiger partial charge in [-0.15, -0.1) is 0 Å². The number of carbonyl (C=O) groups is 1. The Balaban J connectivity index is 2.06. The Morgan fingerprint density at radius 2 is 2.16 bits per heavy atom. The Morgan fingerprint density at radius 1 is 1.37 bits per heavy atom. The average molecular weight is 258 g/mol. The summed E-state index contributed by atoms with van der Waals surface area (Å²) >= 11 is 0. The molecule has 2 rings (SSSR count). The zero-order valence-corrected chi connectivity index (χ0v) is 11.4.